The number of rotatable bonds is 1. The van der Waals surface area contributed by atoms with Gasteiger partial charge in [-0.2, -0.15) is 4.99 Å². The highest BCUT2D eigenvalue weighted by molar-refractivity contribution is 6.50. The fourth-order valence-electron chi connectivity index (χ4n) is 1.65. The second-order valence-electron chi connectivity index (χ2n) is 3.37. The summed E-state index contributed by atoms with van der Waals surface area (Å²) in [6.45, 7) is 0. The van der Waals surface area contributed by atoms with E-state index in [0.29, 0.717) is 17.3 Å². The van der Waals surface area contributed by atoms with E-state index in [4.69, 9.17) is 15.9 Å². The second kappa shape index (κ2) is 2.86. The van der Waals surface area contributed by atoms with E-state index < -0.39 is 5.66 Å². The van der Waals surface area contributed by atoms with Gasteiger partial charge < -0.3 is 10.2 Å². The molecule has 0 saturated heterocycles. The lowest BCUT2D eigenvalue weighted by Crippen LogP contribution is -2.49. The van der Waals surface area contributed by atoms with Gasteiger partial charge in [-0.3, -0.25) is 5.73 Å². The Labute approximate surface area is 90.3 Å². The highest BCUT2D eigenvalue weighted by Gasteiger charge is 2.43. The summed E-state index contributed by atoms with van der Waals surface area (Å²) in [7, 11) is 0. The third-order valence-corrected chi connectivity index (χ3v) is 2.35. The SMILES string of the molecule is NC1=NC(N)(c2ccco2)C2=NC=NC2=N1. The van der Waals surface area contributed by atoms with Crippen LogP contribution in [0.15, 0.2) is 42.8 Å². The van der Waals surface area contributed by atoms with Gasteiger partial charge in [0.25, 0.3) is 0 Å². The minimum Gasteiger partial charge on any atom is -0.465 e. The van der Waals surface area contributed by atoms with Crippen LogP contribution in [0.25, 0.3) is 0 Å². The number of amidine groups is 1. The molecule has 2 aliphatic rings. The summed E-state index contributed by atoms with van der Waals surface area (Å²) in [4.78, 5) is 16.0. The standard InChI is InChI=1S/C9H8N6O/c10-8-14-7-6(12-4-13-7)9(11,15-8)5-2-1-3-16-5/h1-4H,11H2,(H2,10,15). The maximum absolute atomic E-state index is 6.15. The molecule has 0 radical (unpaired) electrons. The van der Waals surface area contributed by atoms with Crippen molar-refractivity contribution in [1.82, 2.24) is 0 Å². The first-order chi connectivity index (χ1) is 7.70. The largest absolute Gasteiger partial charge is 0.465 e. The molecule has 0 fully saturated rings. The Morgan fingerprint density at radius 2 is 2.25 bits per heavy atom. The summed E-state index contributed by atoms with van der Waals surface area (Å²) in [5.41, 5.74) is 10.9. The van der Waals surface area contributed by atoms with E-state index >= 15 is 0 Å². The van der Waals surface area contributed by atoms with Gasteiger partial charge in [0, 0.05) is 0 Å². The van der Waals surface area contributed by atoms with Crippen molar-refractivity contribution < 1.29 is 4.42 Å². The first kappa shape index (κ1) is 8.98. The zero-order valence-electron chi connectivity index (χ0n) is 8.16. The summed E-state index contributed by atoms with van der Waals surface area (Å²) < 4.78 is 5.25. The van der Waals surface area contributed by atoms with Crippen LogP contribution in [0.4, 0.5) is 0 Å². The normalized spacial score (nSPS) is 27.2. The highest BCUT2D eigenvalue weighted by Crippen LogP contribution is 2.27. The Morgan fingerprint density at radius 1 is 1.38 bits per heavy atom. The number of aliphatic imine (C=N–C) groups is 4. The quantitative estimate of drug-likeness (QED) is 0.665. The van der Waals surface area contributed by atoms with Crippen molar-refractivity contribution in [2.75, 3.05) is 0 Å². The number of furan rings is 1. The fourth-order valence-corrected chi connectivity index (χ4v) is 1.65. The van der Waals surface area contributed by atoms with Crippen molar-refractivity contribution in [2.24, 2.45) is 31.4 Å². The molecule has 7 heteroatoms. The molecule has 0 saturated carbocycles. The summed E-state index contributed by atoms with van der Waals surface area (Å²) in [6, 6.07) is 3.43. The van der Waals surface area contributed by atoms with Crippen LogP contribution in [-0.2, 0) is 5.66 Å². The molecular weight excluding hydrogens is 208 g/mol. The van der Waals surface area contributed by atoms with Gasteiger partial charge >= 0.3 is 0 Å². The van der Waals surface area contributed by atoms with Crippen LogP contribution in [-0.4, -0.2) is 23.8 Å². The molecule has 1 aromatic rings. The monoisotopic (exact) mass is 216 g/mol. The second-order valence-corrected chi connectivity index (χ2v) is 3.37. The molecule has 1 atom stereocenters. The number of fused-ring (bicyclic) bond motifs is 1. The Morgan fingerprint density at radius 3 is 3.00 bits per heavy atom. The first-order valence-corrected chi connectivity index (χ1v) is 4.58. The van der Waals surface area contributed by atoms with Gasteiger partial charge in [0.1, 0.15) is 12.1 Å². The van der Waals surface area contributed by atoms with Gasteiger partial charge in [0.05, 0.1) is 6.26 Å². The zero-order valence-corrected chi connectivity index (χ0v) is 8.16. The van der Waals surface area contributed by atoms with Crippen LogP contribution in [0.3, 0.4) is 0 Å². The van der Waals surface area contributed by atoms with E-state index in [0.717, 1.165) is 0 Å². The molecule has 1 unspecified atom stereocenters. The Kier molecular flexibility index (Phi) is 1.61. The maximum Gasteiger partial charge on any atom is 0.220 e. The third kappa shape index (κ3) is 1.06. The summed E-state index contributed by atoms with van der Waals surface area (Å²) >= 11 is 0. The number of hydrogen-bond acceptors (Lipinski definition) is 7. The molecule has 80 valence electrons. The van der Waals surface area contributed by atoms with Crippen LogP contribution in [0, 0.1) is 0 Å². The molecule has 2 aliphatic heterocycles. The van der Waals surface area contributed by atoms with Gasteiger partial charge in [-0.1, -0.05) is 0 Å². The minimum absolute atomic E-state index is 0.0619. The van der Waals surface area contributed by atoms with E-state index in [9.17, 15) is 0 Å². The molecular formula is C9H8N6O. The van der Waals surface area contributed by atoms with Crippen LogP contribution in [0.2, 0.25) is 0 Å². The van der Waals surface area contributed by atoms with Crippen molar-refractivity contribution in [2.45, 2.75) is 5.66 Å². The topological polar surface area (TPSA) is 115 Å². The van der Waals surface area contributed by atoms with E-state index in [-0.39, 0.29) is 5.96 Å². The van der Waals surface area contributed by atoms with Gasteiger partial charge in [0.2, 0.25) is 11.6 Å². The van der Waals surface area contributed by atoms with Gasteiger partial charge in [0.15, 0.2) is 11.6 Å². The lowest BCUT2D eigenvalue weighted by molar-refractivity contribution is 0.433. The predicted octanol–water partition coefficient (Wildman–Crippen LogP) is -0.399. The summed E-state index contributed by atoms with van der Waals surface area (Å²) in [5, 5.41) is 0. The Hall–Kier alpha value is -2.28. The van der Waals surface area contributed by atoms with E-state index in [1.165, 1.54) is 12.6 Å². The molecule has 4 N–H and O–H groups in total. The molecule has 0 aromatic carbocycles. The van der Waals surface area contributed by atoms with E-state index in [1.54, 1.807) is 12.1 Å². The average Bonchev–Trinajstić information content (AvgIpc) is 2.86. The van der Waals surface area contributed by atoms with Crippen molar-refractivity contribution in [3.63, 3.8) is 0 Å². The maximum atomic E-state index is 6.15. The highest BCUT2D eigenvalue weighted by atomic mass is 16.3. The molecule has 3 heterocycles. The molecule has 7 nitrogen and oxygen atoms in total. The Balaban J connectivity index is 2.19. The van der Waals surface area contributed by atoms with Crippen molar-refractivity contribution in [3.8, 4) is 0 Å². The smallest absolute Gasteiger partial charge is 0.220 e. The third-order valence-electron chi connectivity index (χ3n) is 2.35. The van der Waals surface area contributed by atoms with Crippen LogP contribution in [0.1, 0.15) is 5.76 Å². The van der Waals surface area contributed by atoms with Crippen LogP contribution >= 0.6 is 0 Å². The van der Waals surface area contributed by atoms with Crippen molar-refractivity contribution >= 4 is 23.8 Å². The zero-order chi connectivity index (χ0) is 11.2. The van der Waals surface area contributed by atoms with Crippen LogP contribution < -0.4 is 11.5 Å². The fraction of sp³-hybridized carbons (Fsp3) is 0.111. The van der Waals surface area contributed by atoms with Gasteiger partial charge in [-0.25, -0.2) is 15.0 Å². The summed E-state index contributed by atoms with van der Waals surface area (Å²) in [5.74, 6) is 0.894. The summed E-state index contributed by atoms with van der Waals surface area (Å²) in [6.07, 6.45) is 2.88. The Bertz CT molecular complexity index is 553. The van der Waals surface area contributed by atoms with E-state index in [1.807, 2.05) is 0 Å². The first-order valence-electron chi connectivity index (χ1n) is 4.58. The lowest BCUT2D eigenvalue weighted by Gasteiger charge is -2.25. The number of nitrogens with two attached hydrogens (primary N) is 2. The number of nitrogens with zero attached hydrogens (tertiary/aromatic N) is 4. The molecule has 1 aromatic heterocycles. The molecule has 0 bridgehead atoms. The molecule has 0 amide bonds. The van der Waals surface area contributed by atoms with Gasteiger partial charge in [-0.05, 0) is 12.1 Å². The van der Waals surface area contributed by atoms with E-state index in [2.05, 4.69) is 20.0 Å². The molecule has 16 heavy (non-hydrogen) atoms. The van der Waals surface area contributed by atoms with Gasteiger partial charge in [-0.15, -0.1) is 0 Å². The molecule has 3 rings (SSSR count). The van der Waals surface area contributed by atoms with Crippen LogP contribution in [0.5, 0.6) is 0 Å². The number of guanidine groups is 1. The van der Waals surface area contributed by atoms with Crippen molar-refractivity contribution in [1.29, 1.82) is 0 Å². The lowest BCUT2D eigenvalue weighted by atomic mass is 10.0. The molecule has 0 spiro atoms. The predicted molar refractivity (Wildman–Crippen MR) is 59.6 cm³/mol. The van der Waals surface area contributed by atoms with Crippen molar-refractivity contribution in [3.05, 3.63) is 24.2 Å². The number of hydrogen-bond donors (Lipinski definition) is 2. The minimum atomic E-state index is -1.23. The molecule has 0 aliphatic carbocycles. The average molecular weight is 216 g/mol.